The number of hydrogen-bond acceptors (Lipinski definition) is 4. The van der Waals surface area contributed by atoms with Crippen LogP contribution in [0.15, 0.2) is 36.4 Å². The average Bonchev–Trinajstić information content (AvgIpc) is 2.54. The minimum atomic E-state index is 0.735. The maximum absolute atomic E-state index is 4.74. The van der Waals surface area contributed by atoms with E-state index >= 15 is 0 Å². The van der Waals surface area contributed by atoms with Crippen molar-refractivity contribution in [1.29, 1.82) is 0 Å². The molecular weight excluding hydrogens is 260 g/mol. The second kappa shape index (κ2) is 4.90. The van der Waals surface area contributed by atoms with Crippen molar-refractivity contribution in [2.24, 2.45) is 0 Å². The molecule has 3 heterocycles. The maximum Gasteiger partial charge on any atom is 0.178 e. The van der Waals surface area contributed by atoms with Gasteiger partial charge in [-0.25, -0.2) is 15.0 Å². The van der Waals surface area contributed by atoms with E-state index in [0.29, 0.717) is 0 Å². The van der Waals surface area contributed by atoms with Crippen LogP contribution in [-0.2, 0) is 13.0 Å². The molecule has 0 unspecified atom stereocenters. The number of aryl methyl sites for hydroxylation is 1. The van der Waals surface area contributed by atoms with Gasteiger partial charge < -0.3 is 5.32 Å². The zero-order valence-corrected chi connectivity index (χ0v) is 11.9. The Morgan fingerprint density at radius 1 is 1.00 bits per heavy atom. The molecule has 0 saturated heterocycles. The van der Waals surface area contributed by atoms with Crippen LogP contribution in [0.25, 0.3) is 22.4 Å². The Morgan fingerprint density at radius 2 is 1.90 bits per heavy atom. The first-order chi connectivity index (χ1) is 10.3. The monoisotopic (exact) mass is 276 g/mol. The fourth-order valence-corrected chi connectivity index (χ4v) is 2.82. The molecule has 0 saturated carbocycles. The van der Waals surface area contributed by atoms with Gasteiger partial charge in [-0.1, -0.05) is 24.3 Å². The number of hydrogen-bond donors (Lipinski definition) is 1. The minimum absolute atomic E-state index is 0.735. The highest BCUT2D eigenvalue weighted by molar-refractivity contribution is 5.80. The molecule has 21 heavy (non-hydrogen) atoms. The molecule has 1 aliphatic heterocycles. The molecule has 4 nitrogen and oxygen atoms in total. The molecule has 0 atom stereocenters. The Kier molecular flexibility index (Phi) is 2.89. The van der Waals surface area contributed by atoms with Crippen molar-refractivity contribution in [1.82, 2.24) is 20.3 Å². The van der Waals surface area contributed by atoms with Gasteiger partial charge in [0.2, 0.25) is 0 Å². The van der Waals surface area contributed by atoms with Crippen LogP contribution >= 0.6 is 0 Å². The van der Waals surface area contributed by atoms with E-state index in [0.717, 1.165) is 53.3 Å². The number of benzene rings is 1. The van der Waals surface area contributed by atoms with E-state index in [1.54, 1.807) is 0 Å². The second-order valence-corrected chi connectivity index (χ2v) is 5.37. The molecule has 2 aromatic heterocycles. The summed E-state index contributed by atoms with van der Waals surface area (Å²) in [6, 6.07) is 12.2. The highest BCUT2D eigenvalue weighted by Crippen LogP contribution is 2.22. The van der Waals surface area contributed by atoms with Crippen LogP contribution in [0, 0.1) is 6.92 Å². The van der Waals surface area contributed by atoms with Gasteiger partial charge in [0.1, 0.15) is 5.69 Å². The summed E-state index contributed by atoms with van der Waals surface area (Å²) in [5.41, 5.74) is 5.28. The van der Waals surface area contributed by atoms with E-state index < -0.39 is 0 Å². The summed E-state index contributed by atoms with van der Waals surface area (Å²) in [5, 5.41) is 4.51. The summed E-state index contributed by atoms with van der Waals surface area (Å²) >= 11 is 0. The van der Waals surface area contributed by atoms with Crippen LogP contribution in [0.2, 0.25) is 0 Å². The molecule has 4 rings (SSSR count). The zero-order valence-electron chi connectivity index (χ0n) is 11.9. The predicted octanol–water partition coefficient (Wildman–Crippen LogP) is 2.65. The molecule has 0 aliphatic carbocycles. The standard InChI is InChI=1S/C17H16N4/c1-11-13-10-18-9-8-15(13)21-17(19-11)16-7-6-12-4-2-3-5-14(12)20-16/h2-7,18H,8-10H2,1H3. The number of aromatic nitrogens is 3. The second-order valence-electron chi connectivity index (χ2n) is 5.37. The summed E-state index contributed by atoms with van der Waals surface area (Å²) in [5.74, 6) is 0.735. The number of nitrogens with one attached hydrogen (secondary N) is 1. The average molecular weight is 276 g/mol. The molecule has 3 aromatic rings. The van der Waals surface area contributed by atoms with Gasteiger partial charge in [0.05, 0.1) is 11.2 Å². The number of rotatable bonds is 1. The lowest BCUT2D eigenvalue weighted by Gasteiger charge is -2.18. The third-order valence-electron chi connectivity index (χ3n) is 3.97. The summed E-state index contributed by atoms with van der Waals surface area (Å²) in [6.45, 7) is 3.90. The Bertz CT molecular complexity index is 826. The molecular formula is C17H16N4. The van der Waals surface area contributed by atoms with Crippen molar-refractivity contribution in [3.8, 4) is 11.5 Å². The van der Waals surface area contributed by atoms with Crippen LogP contribution in [0.3, 0.4) is 0 Å². The summed E-state index contributed by atoms with van der Waals surface area (Å²) in [4.78, 5) is 14.1. The van der Waals surface area contributed by atoms with Crippen LogP contribution in [0.5, 0.6) is 0 Å². The van der Waals surface area contributed by atoms with E-state index in [1.807, 2.05) is 24.3 Å². The first-order valence-corrected chi connectivity index (χ1v) is 7.24. The molecule has 1 aliphatic rings. The van der Waals surface area contributed by atoms with E-state index in [1.165, 1.54) is 5.56 Å². The normalized spacial score (nSPS) is 14.1. The van der Waals surface area contributed by atoms with Crippen molar-refractivity contribution >= 4 is 10.9 Å². The fraction of sp³-hybridized carbons (Fsp3) is 0.235. The predicted molar refractivity (Wildman–Crippen MR) is 82.9 cm³/mol. The Morgan fingerprint density at radius 3 is 2.86 bits per heavy atom. The smallest absolute Gasteiger partial charge is 0.178 e. The van der Waals surface area contributed by atoms with Crippen molar-refractivity contribution in [3.63, 3.8) is 0 Å². The van der Waals surface area contributed by atoms with E-state index in [-0.39, 0.29) is 0 Å². The van der Waals surface area contributed by atoms with Gasteiger partial charge in [-0.2, -0.15) is 0 Å². The topological polar surface area (TPSA) is 50.7 Å². The zero-order chi connectivity index (χ0) is 14.2. The highest BCUT2D eigenvalue weighted by atomic mass is 15.0. The fourth-order valence-electron chi connectivity index (χ4n) is 2.82. The third kappa shape index (κ3) is 2.17. The lowest BCUT2D eigenvalue weighted by Crippen LogP contribution is -2.26. The minimum Gasteiger partial charge on any atom is -0.312 e. The molecule has 0 spiro atoms. The van der Waals surface area contributed by atoms with Gasteiger partial charge in [-0.15, -0.1) is 0 Å². The lowest BCUT2D eigenvalue weighted by molar-refractivity contribution is 0.621. The Labute approximate surface area is 123 Å². The van der Waals surface area contributed by atoms with Crippen LogP contribution in [0.4, 0.5) is 0 Å². The summed E-state index contributed by atoms with van der Waals surface area (Å²) in [7, 11) is 0. The number of nitrogens with zero attached hydrogens (tertiary/aromatic N) is 3. The molecule has 1 N–H and O–H groups in total. The van der Waals surface area contributed by atoms with Crippen LogP contribution in [-0.4, -0.2) is 21.5 Å². The summed E-state index contributed by atoms with van der Waals surface area (Å²) < 4.78 is 0. The van der Waals surface area contributed by atoms with Crippen molar-refractivity contribution < 1.29 is 0 Å². The van der Waals surface area contributed by atoms with Gasteiger partial charge >= 0.3 is 0 Å². The third-order valence-corrected chi connectivity index (χ3v) is 3.97. The van der Waals surface area contributed by atoms with Crippen LogP contribution < -0.4 is 5.32 Å². The van der Waals surface area contributed by atoms with E-state index in [2.05, 4.69) is 29.4 Å². The molecule has 0 amide bonds. The van der Waals surface area contributed by atoms with Crippen molar-refractivity contribution in [2.45, 2.75) is 19.9 Å². The number of para-hydroxylation sites is 1. The van der Waals surface area contributed by atoms with Crippen molar-refractivity contribution in [3.05, 3.63) is 53.3 Å². The van der Waals surface area contributed by atoms with Gasteiger partial charge in [-0.05, 0) is 19.1 Å². The quantitative estimate of drug-likeness (QED) is 0.742. The van der Waals surface area contributed by atoms with E-state index in [9.17, 15) is 0 Å². The SMILES string of the molecule is Cc1nc(-c2ccc3ccccc3n2)nc2c1CNCC2. The number of fused-ring (bicyclic) bond motifs is 2. The first kappa shape index (κ1) is 12.4. The van der Waals surface area contributed by atoms with Gasteiger partial charge in [0.15, 0.2) is 5.82 Å². The Hall–Kier alpha value is -2.33. The lowest BCUT2D eigenvalue weighted by atomic mass is 10.1. The van der Waals surface area contributed by atoms with Gasteiger partial charge in [-0.3, -0.25) is 0 Å². The maximum atomic E-state index is 4.74. The molecule has 4 heteroatoms. The molecule has 0 bridgehead atoms. The molecule has 0 fully saturated rings. The van der Waals surface area contributed by atoms with Crippen LogP contribution in [0.1, 0.15) is 17.0 Å². The van der Waals surface area contributed by atoms with Gasteiger partial charge in [0.25, 0.3) is 0 Å². The summed E-state index contributed by atoms with van der Waals surface area (Å²) in [6.07, 6.45) is 0.958. The largest absolute Gasteiger partial charge is 0.312 e. The van der Waals surface area contributed by atoms with Crippen molar-refractivity contribution in [2.75, 3.05) is 6.54 Å². The molecule has 104 valence electrons. The van der Waals surface area contributed by atoms with Gasteiger partial charge in [0, 0.05) is 36.2 Å². The molecule has 0 radical (unpaired) electrons. The highest BCUT2D eigenvalue weighted by Gasteiger charge is 2.16. The number of pyridine rings is 1. The Balaban J connectivity index is 1.86. The first-order valence-electron chi connectivity index (χ1n) is 7.24. The van der Waals surface area contributed by atoms with E-state index in [4.69, 9.17) is 9.97 Å². The molecule has 1 aromatic carbocycles.